The third-order valence-corrected chi connectivity index (χ3v) is 4.27. The zero-order valence-electron chi connectivity index (χ0n) is 14.3. The Morgan fingerprint density at radius 1 is 1.26 bits per heavy atom. The van der Waals surface area contributed by atoms with E-state index in [9.17, 15) is 5.11 Å². The van der Waals surface area contributed by atoms with E-state index < -0.39 is 0 Å². The standard InChI is InChI=1S/C18H27N3O2/c1-18(2,3)13-4-7-16(22)15(12-13)20-17(19-14-5-6-14)21-8-10-23-11-9-21/h4,7,12,14,22H,5-6,8-11H2,1-3H3,(H,19,20). The minimum atomic E-state index is 0.0386. The number of benzene rings is 1. The highest BCUT2D eigenvalue weighted by Crippen LogP contribution is 2.31. The van der Waals surface area contributed by atoms with Gasteiger partial charge >= 0.3 is 0 Å². The number of nitrogens with zero attached hydrogens (tertiary/aromatic N) is 2. The van der Waals surface area contributed by atoms with Crippen LogP contribution in [0.25, 0.3) is 0 Å². The van der Waals surface area contributed by atoms with E-state index in [-0.39, 0.29) is 11.2 Å². The second kappa shape index (κ2) is 6.40. The zero-order valence-corrected chi connectivity index (χ0v) is 14.3. The van der Waals surface area contributed by atoms with Crippen LogP contribution >= 0.6 is 0 Å². The van der Waals surface area contributed by atoms with Crippen LogP contribution in [0.15, 0.2) is 23.2 Å². The maximum Gasteiger partial charge on any atom is 0.199 e. The molecule has 0 unspecified atom stereocenters. The maximum absolute atomic E-state index is 10.2. The largest absolute Gasteiger partial charge is 0.506 e. The molecule has 0 spiro atoms. The fraction of sp³-hybridized carbons (Fsp3) is 0.611. The zero-order chi connectivity index (χ0) is 16.4. The summed E-state index contributed by atoms with van der Waals surface area (Å²) in [6.45, 7) is 9.62. The average Bonchev–Trinajstić information content (AvgIpc) is 3.32. The molecule has 1 saturated carbocycles. The smallest absolute Gasteiger partial charge is 0.199 e. The van der Waals surface area contributed by atoms with Crippen molar-refractivity contribution in [2.24, 2.45) is 4.99 Å². The van der Waals surface area contributed by atoms with Crippen molar-refractivity contribution in [3.05, 3.63) is 23.8 Å². The van der Waals surface area contributed by atoms with E-state index >= 15 is 0 Å². The molecule has 0 bridgehead atoms. The van der Waals surface area contributed by atoms with Crippen molar-refractivity contribution >= 4 is 11.6 Å². The van der Waals surface area contributed by atoms with E-state index in [1.807, 2.05) is 12.1 Å². The van der Waals surface area contributed by atoms with Crippen molar-refractivity contribution in [1.29, 1.82) is 0 Å². The van der Waals surface area contributed by atoms with E-state index in [4.69, 9.17) is 9.73 Å². The Bertz CT molecular complexity index is 582. The third-order valence-electron chi connectivity index (χ3n) is 4.27. The number of rotatable bonds is 2. The number of ether oxygens (including phenoxy) is 1. The molecule has 0 amide bonds. The molecule has 126 valence electrons. The van der Waals surface area contributed by atoms with Gasteiger partial charge in [0.15, 0.2) is 5.96 Å². The minimum absolute atomic E-state index is 0.0386. The monoisotopic (exact) mass is 317 g/mol. The van der Waals surface area contributed by atoms with Gasteiger partial charge in [-0.25, -0.2) is 4.99 Å². The van der Waals surface area contributed by atoms with Crippen LogP contribution in [-0.2, 0) is 10.2 Å². The van der Waals surface area contributed by atoms with Crippen LogP contribution in [0.2, 0.25) is 0 Å². The van der Waals surface area contributed by atoms with Crippen LogP contribution in [0.3, 0.4) is 0 Å². The molecular formula is C18H27N3O2. The second-order valence-electron chi connectivity index (χ2n) is 7.39. The van der Waals surface area contributed by atoms with Gasteiger partial charge in [0.1, 0.15) is 5.75 Å². The van der Waals surface area contributed by atoms with Gasteiger partial charge in [-0.05, 0) is 36.0 Å². The number of anilines is 1. The number of nitrogens with one attached hydrogen (secondary N) is 1. The van der Waals surface area contributed by atoms with Gasteiger partial charge < -0.3 is 20.1 Å². The van der Waals surface area contributed by atoms with Crippen LogP contribution in [0.5, 0.6) is 5.75 Å². The molecule has 5 heteroatoms. The summed E-state index contributed by atoms with van der Waals surface area (Å²) in [5, 5.41) is 13.6. The van der Waals surface area contributed by atoms with Crippen LogP contribution < -0.4 is 5.32 Å². The summed E-state index contributed by atoms with van der Waals surface area (Å²) in [6, 6.07) is 6.19. The SMILES string of the molecule is CC(C)(C)c1ccc(O)c(NC(=NC2CC2)N2CCOCC2)c1. The predicted molar refractivity (Wildman–Crippen MR) is 93.3 cm³/mol. The summed E-state index contributed by atoms with van der Waals surface area (Å²) in [4.78, 5) is 7.02. The van der Waals surface area contributed by atoms with Gasteiger partial charge in [0.05, 0.1) is 24.9 Å². The minimum Gasteiger partial charge on any atom is -0.506 e. The molecule has 2 aliphatic rings. The number of hydrogen-bond donors (Lipinski definition) is 2. The quantitative estimate of drug-likeness (QED) is 0.500. The molecule has 1 aromatic carbocycles. The van der Waals surface area contributed by atoms with Crippen molar-refractivity contribution in [3.63, 3.8) is 0 Å². The summed E-state index contributed by atoms with van der Waals surface area (Å²) in [7, 11) is 0. The lowest BCUT2D eigenvalue weighted by atomic mass is 9.87. The lowest BCUT2D eigenvalue weighted by Crippen LogP contribution is -2.44. The van der Waals surface area contributed by atoms with Gasteiger partial charge in [-0.3, -0.25) is 0 Å². The molecule has 23 heavy (non-hydrogen) atoms. The van der Waals surface area contributed by atoms with Crippen molar-refractivity contribution < 1.29 is 9.84 Å². The van der Waals surface area contributed by atoms with Crippen LogP contribution in [0.4, 0.5) is 5.69 Å². The highest BCUT2D eigenvalue weighted by Gasteiger charge is 2.25. The third kappa shape index (κ3) is 4.16. The van der Waals surface area contributed by atoms with Gasteiger partial charge in [0, 0.05) is 13.1 Å². The fourth-order valence-electron chi connectivity index (χ4n) is 2.57. The fourth-order valence-corrected chi connectivity index (χ4v) is 2.57. The molecule has 1 aromatic rings. The molecule has 1 aliphatic heterocycles. The number of phenols is 1. The van der Waals surface area contributed by atoms with Crippen molar-refractivity contribution in [2.45, 2.75) is 45.1 Å². The summed E-state index contributed by atoms with van der Waals surface area (Å²) in [6.07, 6.45) is 2.31. The summed E-state index contributed by atoms with van der Waals surface area (Å²) < 4.78 is 5.43. The van der Waals surface area contributed by atoms with Crippen molar-refractivity contribution in [1.82, 2.24) is 4.90 Å². The molecule has 0 radical (unpaired) electrons. The highest BCUT2D eigenvalue weighted by molar-refractivity contribution is 5.95. The number of aromatic hydroxyl groups is 1. The number of morpholine rings is 1. The molecule has 0 aromatic heterocycles. The Hall–Kier alpha value is -1.75. The molecule has 0 atom stereocenters. The van der Waals surface area contributed by atoms with Crippen molar-refractivity contribution in [3.8, 4) is 5.75 Å². The number of aliphatic imine (C=N–C) groups is 1. The molecule has 3 rings (SSSR count). The molecule has 5 nitrogen and oxygen atoms in total. The molecule has 2 fully saturated rings. The van der Waals surface area contributed by atoms with Gasteiger partial charge in [-0.1, -0.05) is 26.8 Å². The van der Waals surface area contributed by atoms with Crippen LogP contribution in [0.1, 0.15) is 39.2 Å². The first-order valence-corrected chi connectivity index (χ1v) is 8.44. The van der Waals surface area contributed by atoms with Gasteiger partial charge in [0.2, 0.25) is 0 Å². The number of guanidine groups is 1. The highest BCUT2D eigenvalue weighted by atomic mass is 16.5. The van der Waals surface area contributed by atoms with Crippen LogP contribution in [-0.4, -0.2) is 48.3 Å². The Morgan fingerprint density at radius 2 is 1.96 bits per heavy atom. The predicted octanol–water partition coefficient (Wildman–Crippen LogP) is 2.95. The topological polar surface area (TPSA) is 57.1 Å². The summed E-state index contributed by atoms with van der Waals surface area (Å²) >= 11 is 0. The van der Waals surface area contributed by atoms with E-state index in [0.29, 0.717) is 6.04 Å². The van der Waals surface area contributed by atoms with E-state index in [1.165, 1.54) is 5.56 Å². The van der Waals surface area contributed by atoms with Gasteiger partial charge in [-0.15, -0.1) is 0 Å². The van der Waals surface area contributed by atoms with Crippen LogP contribution in [0, 0.1) is 0 Å². The van der Waals surface area contributed by atoms with E-state index in [2.05, 4.69) is 31.0 Å². The average molecular weight is 317 g/mol. The lowest BCUT2D eigenvalue weighted by Gasteiger charge is -2.30. The molecular weight excluding hydrogens is 290 g/mol. The van der Waals surface area contributed by atoms with E-state index in [0.717, 1.165) is 50.8 Å². The first kappa shape index (κ1) is 16.1. The summed E-state index contributed by atoms with van der Waals surface area (Å²) in [5.41, 5.74) is 1.95. The molecule has 1 heterocycles. The van der Waals surface area contributed by atoms with E-state index in [1.54, 1.807) is 6.07 Å². The maximum atomic E-state index is 10.2. The Morgan fingerprint density at radius 3 is 2.57 bits per heavy atom. The first-order chi connectivity index (χ1) is 10.9. The van der Waals surface area contributed by atoms with Gasteiger partial charge in [-0.2, -0.15) is 0 Å². The second-order valence-corrected chi connectivity index (χ2v) is 7.39. The Kier molecular flexibility index (Phi) is 4.48. The molecule has 1 aliphatic carbocycles. The first-order valence-electron chi connectivity index (χ1n) is 8.44. The normalized spacial score (nSPS) is 19.8. The van der Waals surface area contributed by atoms with Crippen molar-refractivity contribution in [2.75, 3.05) is 31.6 Å². The number of phenolic OH excluding ortho intramolecular Hbond substituents is 1. The van der Waals surface area contributed by atoms with Gasteiger partial charge in [0.25, 0.3) is 0 Å². The summed E-state index contributed by atoms with van der Waals surface area (Å²) in [5.74, 6) is 1.12. The lowest BCUT2D eigenvalue weighted by molar-refractivity contribution is 0.0679. The molecule has 1 saturated heterocycles. The Balaban J connectivity index is 1.84. The Labute approximate surface area is 138 Å². The number of hydrogen-bond acceptors (Lipinski definition) is 3. The molecule has 2 N–H and O–H groups in total.